The molecule has 1 aliphatic carbocycles. The van der Waals surface area contributed by atoms with E-state index in [1.165, 1.54) is 24.0 Å². The van der Waals surface area contributed by atoms with E-state index in [2.05, 4.69) is 23.8 Å². The Morgan fingerprint density at radius 2 is 2.06 bits per heavy atom. The highest BCUT2D eigenvalue weighted by atomic mass is 16.5. The number of benzene rings is 1. The van der Waals surface area contributed by atoms with E-state index in [0.717, 1.165) is 24.4 Å². The van der Waals surface area contributed by atoms with Crippen molar-refractivity contribution in [3.8, 4) is 29.2 Å². The minimum atomic E-state index is 0.215. The van der Waals surface area contributed by atoms with Crippen LogP contribution >= 0.6 is 0 Å². The quantitative estimate of drug-likeness (QED) is 0.358. The molecule has 1 fully saturated rings. The van der Waals surface area contributed by atoms with Crippen LogP contribution in [0.15, 0.2) is 59.6 Å². The first kappa shape index (κ1) is 22.6. The Hall–Kier alpha value is -3.56. The fourth-order valence-electron chi connectivity index (χ4n) is 4.16. The van der Waals surface area contributed by atoms with Gasteiger partial charge in [0.25, 0.3) is 0 Å². The second-order valence-electron chi connectivity index (χ2n) is 8.75. The number of pyridine rings is 1. The van der Waals surface area contributed by atoms with Crippen LogP contribution in [0.5, 0.6) is 5.75 Å². The molecule has 0 spiro atoms. The Morgan fingerprint density at radius 1 is 1.27 bits per heavy atom. The Morgan fingerprint density at radius 3 is 2.76 bits per heavy atom. The number of nitrogens with one attached hydrogen (secondary N) is 2. The molecular formula is C27H31N5O. The number of hydrogen-bond donors (Lipinski definition) is 3. The van der Waals surface area contributed by atoms with Gasteiger partial charge < -0.3 is 15.4 Å². The average molecular weight is 442 g/mol. The van der Waals surface area contributed by atoms with E-state index in [1.54, 1.807) is 10.8 Å². The lowest BCUT2D eigenvalue weighted by molar-refractivity contribution is 0.253. The minimum Gasteiger partial charge on any atom is -0.441 e. The van der Waals surface area contributed by atoms with Crippen molar-refractivity contribution in [3.05, 3.63) is 70.7 Å². The lowest BCUT2D eigenvalue weighted by Gasteiger charge is -2.23. The van der Waals surface area contributed by atoms with Crippen LogP contribution in [0.2, 0.25) is 0 Å². The van der Waals surface area contributed by atoms with Gasteiger partial charge in [-0.2, -0.15) is 0 Å². The van der Waals surface area contributed by atoms with Gasteiger partial charge in [-0.1, -0.05) is 11.5 Å². The van der Waals surface area contributed by atoms with Crippen molar-refractivity contribution in [2.75, 3.05) is 20.1 Å². The molecule has 4 N–H and O–H groups in total. The Kier molecular flexibility index (Phi) is 6.52. The summed E-state index contributed by atoms with van der Waals surface area (Å²) in [5.74, 6) is 5.00. The van der Waals surface area contributed by atoms with E-state index in [1.807, 2.05) is 37.4 Å². The zero-order valence-corrected chi connectivity index (χ0v) is 19.3. The summed E-state index contributed by atoms with van der Waals surface area (Å²) in [6.45, 7) is 3.46. The first-order valence-electron chi connectivity index (χ1n) is 11.4. The van der Waals surface area contributed by atoms with E-state index >= 15 is 0 Å². The molecule has 0 amide bonds. The van der Waals surface area contributed by atoms with Crippen molar-refractivity contribution in [3.63, 3.8) is 0 Å². The number of ether oxygens (including phenoxy) is 1. The first-order chi connectivity index (χ1) is 15.9. The fourth-order valence-corrected chi connectivity index (χ4v) is 4.16. The highest BCUT2D eigenvalue weighted by molar-refractivity contribution is 5.83. The van der Waals surface area contributed by atoms with E-state index in [9.17, 15) is 0 Å². The van der Waals surface area contributed by atoms with Gasteiger partial charge in [0.2, 0.25) is 0 Å². The van der Waals surface area contributed by atoms with Crippen LogP contribution in [0, 0.1) is 29.1 Å². The molecule has 1 aliphatic heterocycles. The molecular weight excluding hydrogens is 410 g/mol. The highest BCUT2D eigenvalue weighted by Crippen LogP contribution is 2.41. The van der Waals surface area contributed by atoms with Gasteiger partial charge >= 0.3 is 0 Å². The van der Waals surface area contributed by atoms with Gasteiger partial charge in [-0.15, -0.1) is 6.42 Å². The smallest absolute Gasteiger partial charge is 0.196 e. The molecule has 6 heteroatoms. The second-order valence-corrected chi connectivity index (χ2v) is 8.75. The van der Waals surface area contributed by atoms with Crippen LogP contribution in [0.25, 0.3) is 11.1 Å². The Bertz CT molecular complexity index is 1240. The molecule has 170 valence electrons. The predicted octanol–water partition coefficient (Wildman–Crippen LogP) is 4.07. The van der Waals surface area contributed by atoms with Crippen molar-refractivity contribution in [1.82, 2.24) is 9.47 Å². The minimum absolute atomic E-state index is 0.215. The molecule has 0 atom stereocenters. The second kappa shape index (κ2) is 9.51. The van der Waals surface area contributed by atoms with Crippen molar-refractivity contribution >= 4 is 5.84 Å². The maximum atomic E-state index is 8.76. The third-order valence-corrected chi connectivity index (χ3v) is 6.31. The van der Waals surface area contributed by atoms with Gasteiger partial charge in [-0.05, 0) is 74.6 Å². The van der Waals surface area contributed by atoms with Crippen molar-refractivity contribution in [2.45, 2.75) is 32.6 Å². The number of nitrogens with two attached hydrogens (primary N) is 1. The number of aromatic nitrogens is 1. The number of terminal acetylenes is 1. The monoisotopic (exact) mass is 441 g/mol. The molecule has 0 saturated heterocycles. The van der Waals surface area contributed by atoms with E-state index in [4.69, 9.17) is 27.7 Å². The standard InChI is InChI=1S/C27H31N5O/c1-4-19-7-10-21(22-6-5-14-32(27(22)30)25(29)11-13-28)24(16-19)33-26-17-23(20-8-9-20)18(2)12-15-31(26)3/h1,5-7,10,14,16-17,20,29-30H,8-9,11-13,15,28H2,2-3H3. The van der Waals surface area contributed by atoms with E-state index < -0.39 is 0 Å². The van der Waals surface area contributed by atoms with E-state index in [-0.39, 0.29) is 11.3 Å². The van der Waals surface area contributed by atoms with E-state index in [0.29, 0.717) is 35.8 Å². The Balaban J connectivity index is 1.79. The molecule has 2 aromatic rings. The van der Waals surface area contributed by atoms with Crippen LogP contribution in [0.4, 0.5) is 0 Å². The summed E-state index contributed by atoms with van der Waals surface area (Å²) in [6, 6.07) is 9.32. The number of rotatable bonds is 6. The SMILES string of the molecule is C#Cc1ccc(-c2cccn(C(=N)CCN)c2=N)c(OC2=CC(C3CC3)=C(C)CCN2C)c1. The molecule has 2 aliphatic rings. The molecule has 1 aromatic carbocycles. The maximum absolute atomic E-state index is 8.76. The van der Waals surface area contributed by atoms with Crippen LogP contribution in [-0.2, 0) is 0 Å². The molecule has 1 aromatic heterocycles. The lowest BCUT2D eigenvalue weighted by Crippen LogP contribution is -2.29. The molecule has 0 unspecified atom stereocenters. The molecule has 33 heavy (non-hydrogen) atoms. The summed E-state index contributed by atoms with van der Waals surface area (Å²) in [6.07, 6.45) is 13.5. The molecule has 0 bridgehead atoms. The van der Waals surface area contributed by atoms with Gasteiger partial charge in [0.15, 0.2) is 5.88 Å². The average Bonchev–Trinajstić information content (AvgIpc) is 3.66. The lowest BCUT2D eigenvalue weighted by atomic mass is 10.0. The molecule has 0 radical (unpaired) electrons. The van der Waals surface area contributed by atoms with Crippen molar-refractivity contribution in [2.24, 2.45) is 11.7 Å². The normalized spacial score (nSPS) is 16.2. The first-order valence-corrected chi connectivity index (χ1v) is 11.4. The van der Waals surface area contributed by atoms with Gasteiger partial charge in [0, 0.05) is 49.0 Å². The zero-order chi connectivity index (χ0) is 23.5. The van der Waals surface area contributed by atoms with Crippen LogP contribution in [-0.4, -0.2) is 35.4 Å². The predicted molar refractivity (Wildman–Crippen MR) is 132 cm³/mol. The fraction of sp³-hybridized carbons (Fsp3) is 0.333. The summed E-state index contributed by atoms with van der Waals surface area (Å²) < 4.78 is 8.08. The van der Waals surface area contributed by atoms with Crippen molar-refractivity contribution in [1.29, 1.82) is 10.8 Å². The third-order valence-electron chi connectivity index (χ3n) is 6.31. The summed E-state index contributed by atoms with van der Waals surface area (Å²) in [5.41, 5.74) is 10.8. The van der Waals surface area contributed by atoms with Gasteiger partial charge in [0.05, 0.1) is 0 Å². The summed E-state index contributed by atoms with van der Waals surface area (Å²) in [7, 11) is 2.04. The maximum Gasteiger partial charge on any atom is 0.196 e. The molecule has 4 rings (SSSR count). The molecule has 1 saturated carbocycles. The zero-order valence-electron chi connectivity index (χ0n) is 19.3. The van der Waals surface area contributed by atoms with Crippen LogP contribution in [0.3, 0.4) is 0 Å². The summed E-state index contributed by atoms with van der Waals surface area (Å²) >= 11 is 0. The highest BCUT2D eigenvalue weighted by Gasteiger charge is 2.29. The number of allylic oxidation sites excluding steroid dienone is 2. The summed E-state index contributed by atoms with van der Waals surface area (Å²) in [5, 5.41) is 17.0. The van der Waals surface area contributed by atoms with Gasteiger partial charge in [-0.25, -0.2) is 0 Å². The topological polar surface area (TPSA) is 91.1 Å². The van der Waals surface area contributed by atoms with Gasteiger partial charge in [0.1, 0.15) is 17.1 Å². The third kappa shape index (κ3) is 4.79. The summed E-state index contributed by atoms with van der Waals surface area (Å²) in [4.78, 5) is 2.13. The number of hydrogen-bond acceptors (Lipinski definition) is 5. The largest absolute Gasteiger partial charge is 0.441 e. The molecule has 2 heterocycles. The van der Waals surface area contributed by atoms with Crippen LogP contribution < -0.4 is 16.0 Å². The molecule has 6 nitrogen and oxygen atoms in total. The van der Waals surface area contributed by atoms with Crippen LogP contribution in [0.1, 0.15) is 38.2 Å². The van der Waals surface area contributed by atoms with Gasteiger partial charge in [-0.3, -0.25) is 15.4 Å². The Labute approximate surface area is 195 Å². The number of nitrogens with zero attached hydrogens (tertiary/aromatic N) is 2. The van der Waals surface area contributed by atoms with Crippen molar-refractivity contribution < 1.29 is 4.74 Å².